The van der Waals surface area contributed by atoms with Gasteiger partial charge >= 0.3 is 12.0 Å². The van der Waals surface area contributed by atoms with E-state index in [0.717, 1.165) is 5.41 Å². The number of amides is 2. The number of carbonyl (C=O) groups excluding carboxylic acids is 1. The van der Waals surface area contributed by atoms with Crippen LogP contribution in [0.5, 0.6) is 0 Å². The van der Waals surface area contributed by atoms with Crippen LogP contribution in [0.1, 0.15) is 20.3 Å². The van der Waals surface area contributed by atoms with Gasteiger partial charge in [0.15, 0.2) is 9.84 Å². The zero-order chi connectivity index (χ0) is 14.0. The minimum absolute atomic E-state index is 0.167. The molecule has 0 aromatic rings. The smallest absolute Gasteiger partial charge is 0.315 e. The summed E-state index contributed by atoms with van der Waals surface area (Å²) in [7, 11) is -3.22. The van der Waals surface area contributed by atoms with Gasteiger partial charge in [-0.1, -0.05) is 0 Å². The van der Waals surface area contributed by atoms with E-state index in [4.69, 9.17) is 5.11 Å². The van der Waals surface area contributed by atoms with Crippen LogP contribution in [0, 0.1) is 0 Å². The number of carboxylic acid groups (broad SMARTS) is 1. The average molecular weight is 276 g/mol. The molecule has 18 heavy (non-hydrogen) atoms. The molecule has 0 fully saturated rings. The molecule has 0 aromatic heterocycles. The van der Waals surface area contributed by atoms with E-state index < -0.39 is 33.4 Å². The largest absolute Gasteiger partial charge is 0.481 e. The second kappa shape index (κ2) is 4.97. The number of aliphatic carboxylic acids is 1. The van der Waals surface area contributed by atoms with Crippen molar-refractivity contribution >= 4 is 21.8 Å². The van der Waals surface area contributed by atoms with Crippen molar-refractivity contribution in [2.75, 3.05) is 5.75 Å². The zero-order valence-corrected chi connectivity index (χ0v) is 11.0. The Morgan fingerprint density at radius 2 is 2.06 bits per heavy atom. The van der Waals surface area contributed by atoms with Crippen molar-refractivity contribution in [3.63, 3.8) is 0 Å². The third-order valence-corrected chi connectivity index (χ3v) is 3.69. The SMILES string of the molecule is CC(C)(CC(=O)O)NC(=O)NC1C=CS(=O)(=O)C1. The van der Waals surface area contributed by atoms with Crippen LogP contribution < -0.4 is 10.6 Å². The van der Waals surface area contributed by atoms with E-state index in [1.807, 2.05) is 0 Å². The van der Waals surface area contributed by atoms with Crippen molar-refractivity contribution in [2.45, 2.75) is 31.8 Å². The Kier molecular flexibility index (Phi) is 4.00. The number of sulfone groups is 1. The lowest BCUT2D eigenvalue weighted by Gasteiger charge is -2.25. The summed E-state index contributed by atoms with van der Waals surface area (Å²) in [5.74, 6) is -1.19. The molecule has 0 aliphatic carbocycles. The molecule has 102 valence electrons. The van der Waals surface area contributed by atoms with E-state index in [9.17, 15) is 18.0 Å². The van der Waals surface area contributed by atoms with Crippen LogP contribution in [0.2, 0.25) is 0 Å². The first kappa shape index (κ1) is 14.5. The van der Waals surface area contributed by atoms with Crippen LogP contribution >= 0.6 is 0 Å². The molecule has 7 nitrogen and oxygen atoms in total. The third kappa shape index (κ3) is 4.74. The van der Waals surface area contributed by atoms with Crippen LogP contribution in [0.4, 0.5) is 4.79 Å². The fourth-order valence-corrected chi connectivity index (χ4v) is 2.83. The van der Waals surface area contributed by atoms with Crippen molar-refractivity contribution in [1.29, 1.82) is 0 Å². The molecule has 3 N–H and O–H groups in total. The average Bonchev–Trinajstić information content (AvgIpc) is 2.40. The van der Waals surface area contributed by atoms with Crippen molar-refractivity contribution in [3.05, 3.63) is 11.5 Å². The van der Waals surface area contributed by atoms with Crippen LogP contribution in [-0.2, 0) is 14.6 Å². The molecule has 1 heterocycles. The summed E-state index contributed by atoms with van der Waals surface area (Å²) in [4.78, 5) is 22.1. The summed E-state index contributed by atoms with van der Waals surface area (Å²) in [6.07, 6.45) is 1.17. The molecule has 0 radical (unpaired) electrons. The lowest BCUT2D eigenvalue weighted by Crippen LogP contribution is -2.51. The maximum atomic E-state index is 11.6. The molecule has 0 spiro atoms. The van der Waals surface area contributed by atoms with Gasteiger partial charge < -0.3 is 15.7 Å². The Morgan fingerprint density at radius 3 is 2.50 bits per heavy atom. The second-order valence-corrected chi connectivity index (χ2v) is 6.75. The molecule has 2 amide bonds. The summed E-state index contributed by atoms with van der Waals surface area (Å²) in [5.41, 5.74) is -0.906. The Morgan fingerprint density at radius 1 is 1.44 bits per heavy atom. The van der Waals surface area contributed by atoms with Crippen LogP contribution in [-0.4, -0.2) is 42.9 Å². The Hall–Kier alpha value is -1.57. The quantitative estimate of drug-likeness (QED) is 0.661. The minimum Gasteiger partial charge on any atom is -0.481 e. The highest BCUT2D eigenvalue weighted by Gasteiger charge is 2.27. The van der Waals surface area contributed by atoms with Gasteiger partial charge in [0.25, 0.3) is 0 Å². The maximum absolute atomic E-state index is 11.6. The van der Waals surface area contributed by atoms with Gasteiger partial charge in [0.1, 0.15) is 0 Å². The first-order valence-corrected chi connectivity index (χ1v) is 7.03. The molecule has 0 bridgehead atoms. The number of hydrogen-bond acceptors (Lipinski definition) is 4. The minimum atomic E-state index is -3.22. The summed E-state index contributed by atoms with van der Waals surface area (Å²) >= 11 is 0. The van der Waals surface area contributed by atoms with E-state index in [-0.39, 0.29) is 12.2 Å². The number of urea groups is 1. The van der Waals surface area contributed by atoms with Gasteiger partial charge in [-0.25, -0.2) is 13.2 Å². The van der Waals surface area contributed by atoms with Gasteiger partial charge in [-0.2, -0.15) is 0 Å². The van der Waals surface area contributed by atoms with E-state index in [0.29, 0.717) is 0 Å². The molecule has 0 saturated carbocycles. The molecule has 1 aliphatic rings. The fourth-order valence-electron chi connectivity index (χ4n) is 1.60. The van der Waals surface area contributed by atoms with E-state index in [2.05, 4.69) is 10.6 Å². The summed E-state index contributed by atoms with van der Waals surface area (Å²) in [6.45, 7) is 3.14. The fraction of sp³-hybridized carbons (Fsp3) is 0.600. The molecule has 1 unspecified atom stereocenters. The predicted molar refractivity (Wildman–Crippen MR) is 64.7 cm³/mol. The Labute approximate surface area is 105 Å². The van der Waals surface area contributed by atoms with Crippen molar-refractivity contribution in [1.82, 2.24) is 10.6 Å². The molecular formula is C10H16N2O5S. The Balaban J connectivity index is 2.48. The summed E-state index contributed by atoms with van der Waals surface area (Å²) < 4.78 is 22.2. The first-order valence-electron chi connectivity index (χ1n) is 5.31. The van der Waals surface area contributed by atoms with Crippen molar-refractivity contribution in [3.8, 4) is 0 Å². The summed E-state index contributed by atoms with van der Waals surface area (Å²) in [6, 6.07) is -1.16. The Bertz CT molecular complexity index is 480. The van der Waals surface area contributed by atoms with E-state index >= 15 is 0 Å². The number of carboxylic acids is 1. The standard InChI is InChI=1S/C10H16N2O5S/c1-10(2,5-8(13)14)12-9(15)11-7-3-4-18(16,17)6-7/h3-4,7H,5-6H2,1-2H3,(H,13,14)(H2,11,12,15). The number of rotatable bonds is 4. The molecule has 0 aromatic carbocycles. The van der Waals surface area contributed by atoms with E-state index in [1.54, 1.807) is 13.8 Å². The molecule has 8 heteroatoms. The number of hydrogen-bond donors (Lipinski definition) is 3. The zero-order valence-electron chi connectivity index (χ0n) is 10.1. The van der Waals surface area contributed by atoms with Gasteiger partial charge in [0.05, 0.1) is 18.2 Å². The van der Waals surface area contributed by atoms with Crippen LogP contribution in [0.3, 0.4) is 0 Å². The van der Waals surface area contributed by atoms with Gasteiger partial charge in [-0.15, -0.1) is 0 Å². The first-order chi connectivity index (χ1) is 8.10. The second-order valence-electron chi connectivity index (χ2n) is 4.82. The molecular weight excluding hydrogens is 260 g/mol. The highest BCUT2D eigenvalue weighted by atomic mass is 32.2. The highest BCUT2D eigenvalue weighted by Crippen LogP contribution is 2.10. The van der Waals surface area contributed by atoms with Crippen molar-refractivity contribution in [2.24, 2.45) is 0 Å². The maximum Gasteiger partial charge on any atom is 0.315 e. The molecule has 1 atom stereocenters. The molecule has 0 saturated heterocycles. The van der Waals surface area contributed by atoms with Crippen LogP contribution in [0.15, 0.2) is 11.5 Å². The van der Waals surface area contributed by atoms with Gasteiger partial charge in [0.2, 0.25) is 0 Å². The van der Waals surface area contributed by atoms with Crippen molar-refractivity contribution < 1.29 is 23.1 Å². The monoisotopic (exact) mass is 276 g/mol. The highest BCUT2D eigenvalue weighted by molar-refractivity contribution is 7.94. The van der Waals surface area contributed by atoms with Gasteiger partial charge in [-0.05, 0) is 19.9 Å². The van der Waals surface area contributed by atoms with E-state index in [1.165, 1.54) is 6.08 Å². The van der Waals surface area contributed by atoms with Gasteiger partial charge in [-0.3, -0.25) is 4.79 Å². The normalized spacial score (nSPS) is 21.6. The third-order valence-electron chi connectivity index (χ3n) is 2.29. The number of nitrogens with one attached hydrogen (secondary N) is 2. The topological polar surface area (TPSA) is 113 Å². The van der Waals surface area contributed by atoms with Gasteiger partial charge in [0, 0.05) is 10.9 Å². The summed E-state index contributed by atoms with van der Waals surface area (Å²) in [5, 5.41) is 14.6. The number of carbonyl (C=O) groups is 2. The lowest BCUT2D eigenvalue weighted by molar-refractivity contribution is -0.138. The lowest BCUT2D eigenvalue weighted by atomic mass is 10.0. The molecule has 1 aliphatic heterocycles. The predicted octanol–water partition coefficient (Wildman–Crippen LogP) is -0.150. The van der Waals surface area contributed by atoms with Crippen LogP contribution in [0.25, 0.3) is 0 Å². The molecule has 1 rings (SSSR count).